The van der Waals surface area contributed by atoms with Gasteiger partial charge in [0.2, 0.25) is 0 Å². The molecule has 0 radical (unpaired) electrons. The van der Waals surface area contributed by atoms with Crippen LogP contribution in [0.25, 0.3) is 0 Å². The first-order chi connectivity index (χ1) is 6.75. The first-order valence-electron chi connectivity index (χ1n) is 5.11. The van der Waals surface area contributed by atoms with Crippen molar-refractivity contribution in [2.45, 2.75) is 26.4 Å². The third-order valence-corrected chi connectivity index (χ3v) is 3.49. The maximum Gasteiger partial charge on any atom is 0.0897 e. The van der Waals surface area contributed by atoms with Crippen molar-refractivity contribution >= 4 is 11.3 Å². The summed E-state index contributed by atoms with van der Waals surface area (Å²) in [7, 11) is 0. The van der Waals surface area contributed by atoms with Gasteiger partial charge >= 0.3 is 0 Å². The van der Waals surface area contributed by atoms with Crippen LogP contribution in [0.2, 0.25) is 0 Å². The van der Waals surface area contributed by atoms with E-state index in [-0.39, 0.29) is 0 Å². The van der Waals surface area contributed by atoms with Gasteiger partial charge in [-0.3, -0.25) is 4.90 Å². The minimum Gasteiger partial charge on any atom is -0.314 e. The van der Waals surface area contributed by atoms with Crippen molar-refractivity contribution in [2.75, 3.05) is 19.6 Å². The van der Waals surface area contributed by atoms with E-state index in [1.165, 1.54) is 10.7 Å². The van der Waals surface area contributed by atoms with Gasteiger partial charge in [-0.2, -0.15) is 0 Å². The van der Waals surface area contributed by atoms with E-state index >= 15 is 0 Å². The average Bonchev–Trinajstić information content (AvgIpc) is 2.56. The van der Waals surface area contributed by atoms with Gasteiger partial charge in [-0.05, 0) is 13.8 Å². The van der Waals surface area contributed by atoms with E-state index in [0.29, 0.717) is 6.04 Å². The predicted molar refractivity (Wildman–Crippen MR) is 59.6 cm³/mol. The number of hydrogen-bond donors (Lipinski definition) is 1. The number of aromatic nitrogens is 1. The second-order valence-corrected chi connectivity index (χ2v) is 4.94. The van der Waals surface area contributed by atoms with Gasteiger partial charge < -0.3 is 5.32 Å². The van der Waals surface area contributed by atoms with E-state index in [1.807, 2.05) is 0 Å². The molecule has 1 aromatic rings. The van der Waals surface area contributed by atoms with E-state index in [2.05, 4.69) is 34.4 Å². The van der Waals surface area contributed by atoms with Crippen molar-refractivity contribution < 1.29 is 0 Å². The normalized spacial score (nSPS) is 24.0. The molecular formula is C10H17N3S. The van der Waals surface area contributed by atoms with Crippen LogP contribution in [0.15, 0.2) is 5.38 Å². The van der Waals surface area contributed by atoms with E-state index in [1.54, 1.807) is 11.3 Å². The summed E-state index contributed by atoms with van der Waals surface area (Å²) in [5.41, 5.74) is 1.22. The van der Waals surface area contributed by atoms with E-state index in [9.17, 15) is 0 Å². The highest BCUT2D eigenvalue weighted by Crippen LogP contribution is 2.12. The Kier molecular flexibility index (Phi) is 3.15. The summed E-state index contributed by atoms with van der Waals surface area (Å²) in [5.74, 6) is 0. The zero-order chi connectivity index (χ0) is 9.97. The summed E-state index contributed by atoms with van der Waals surface area (Å²) >= 11 is 1.74. The van der Waals surface area contributed by atoms with Crippen LogP contribution in [-0.4, -0.2) is 35.6 Å². The lowest BCUT2D eigenvalue weighted by atomic mass is 10.2. The van der Waals surface area contributed by atoms with Gasteiger partial charge in [0.1, 0.15) is 0 Å². The molecule has 0 unspecified atom stereocenters. The second kappa shape index (κ2) is 4.38. The predicted octanol–water partition coefficient (Wildman–Crippen LogP) is 1.25. The quantitative estimate of drug-likeness (QED) is 0.798. The third kappa shape index (κ3) is 2.32. The highest BCUT2D eigenvalue weighted by Gasteiger charge is 2.18. The fourth-order valence-electron chi connectivity index (χ4n) is 1.81. The lowest BCUT2D eigenvalue weighted by Crippen LogP contribution is -2.49. The van der Waals surface area contributed by atoms with Crippen molar-refractivity contribution in [1.29, 1.82) is 0 Å². The summed E-state index contributed by atoms with van der Waals surface area (Å²) in [6, 6.07) is 0.630. The number of aryl methyl sites for hydroxylation is 1. The molecule has 14 heavy (non-hydrogen) atoms. The van der Waals surface area contributed by atoms with Crippen LogP contribution in [-0.2, 0) is 6.54 Å². The Morgan fingerprint density at radius 1 is 1.71 bits per heavy atom. The first kappa shape index (κ1) is 10.1. The Morgan fingerprint density at radius 3 is 3.21 bits per heavy atom. The fourth-order valence-corrected chi connectivity index (χ4v) is 2.41. The van der Waals surface area contributed by atoms with Gasteiger partial charge in [0.05, 0.1) is 10.7 Å². The standard InChI is InChI=1S/C10H17N3S/c1-8-5-11-3-4-13(8)6-10-7-14-9(2)12-10/h7-8,11H,3-6H2,1-2H3/t8-/m1/s1. The molecule has 4 heteroatoms. The maximum absolute atomic E-state index is 4.50. The summed E-state index contributed by atoms with van der Waals surface area (Å²) in [6.07, 6.45) is 0. The Balaban J connectivity index is 1.95. The lowest BCUT2D eigenvalue weighted by molar-refractivity contribution is 0.164. The number of rotatable bonds is 2. The fraction of sp³-hybridized carbons (Fsp3) is 0.700. The molecule has 1 saturated heterocycles. The monoisotopic (exact) mass is 211 g/mol. The summed E-state index contributed by atoms with van der Waals surface area (Å²) in [5, 5.41) is 6.74. The molecule has 1 fully saturated rings. The minimum absolute atomic E-state index is 0.630. The molecule has 78 valence electrons. The molecule has 1 aliphatic heterocycles. The van der Waals surface area contributed by atoms with Crippen molar-refractivity contribution in [3.05, 3.63) is 16.1 Å². The van der Waals surface area contributed by atoms with Gasteiger partial charge in [0.25, 0.3) is 0 Å². The highest BCUT2D eigenvalue weighted by molar-refractivity contribution is 7.09. The van der Waals surface area contributed by atoms with E-state index in [0.717, 1.165) is 26.2 Å². The van der Waals surface area contributed by atoms with Gasteiger partial charge in [0, 0.05) is 37.6 Å². The molecule has 0 aromatic carbocycles. The van der Waals surface area contributed by atoms with E-state index < -0.39 is 0 Å². The number of nitrogens with zero attached hydrogens (tertiary/aromatic N) is 2. The Labute approximate surface area is 89.1 Å². The molecule has 0 aliphatic carbocycles. The SMILES string of the molecule is Cc1nc(CN2CCNC[C@H]2C)cs1. The van der Waals surface area contributed by atoms with Gasteiger partial charge in [-0.1, -0.05) is 0 Å². The second-order valence-electron chi connectivity index (χ2n) is 3.88. The summed E-state index contributed by atoms with van der Waals surface area (Å²) in [6.45, 7) is 8.68. The molecule has 0 saturated carbocycles. The number of hydrogen-bond acceptors (Lipinski definition) is 4. The third-order valence-electron chi connectivity index (χ3n) is 2.67. The summed E-state index contributed by atoms with van der Waals surface area (Å²) < 4.78 is 0. The lowest BCUT2D eigenvalue weighted by Gasteiger charge is -2.33. The first-order valence-corrected chi connectivity index (χ1v) is 5.99. The van der Waals surface area contributed by atoms with Crippen molar-refractivity contribution in [1.82, 2.24) is 15.2 Å². The average molecular weight is 211 g/mol. The van der Waals surface area contributed by atoms with Crippen LogP contribution in [0, 0.1) is 6.92 Å². The van der Waals surface area contributed by atoms with Crippen LogP contribution in [0.4, 0.5) is 0 Å². The molecule has 3 nitrogen and oxygen atoms in total. The molecule has 0 amide bonds. The molecule has 0 spiro atoms. The van der Waals surface area contributed by atoms with Crippen molar-refractivity contribution in [3.63, 3.8) is 0 Å². The van der Waals surface area contributed by atoms with Crippen LogP contribution in [0.5, 0.6) is 0 Å². The van der Waals surface area contributed by atoms with Gasteiger partial charge in [-0.25, -0.2) is 4.98 Å². The number of piperazine rings is 1. The Bertz CT molecular complexity index is 297. The molecule has 0 bridgehead atoms. The highest BCUT2D eigenvalue weighted by atomic mass is 32.1. The molecule has 2 heterocycles. The molecule has 1 aliphatic rings. The number of thiazole rings is 1. The molecular weight excluding hydrogens is 194 g/mol. The van der Waals surface area contributed by atoms with Crippen LogP contribution < -0.4 is 5.32 Å². The van der Waals surface area contributed by atoms with Gasteiger partial charge in [-0.15, -0.1) is 11.3 Å². The molecule has 2 rings (SSSR count). The molecule has 1 aromatic heterocycles. The molecule has 1 atom stereocenters. The van der Waals surface area contributed by atoms with Gasteiger partial charge in [0.15, 0.2) is 0 Å². The Morgan fingerprint density at radius 2 is 2.57 bits per heavy atom. The minimum atomic E-state index is 0.630. The largest absolute Gasteiger partial charge is 0.314 e. The van der Waals surface area contributed by atoms with E-state index in [4.69, 9.17) is 0 Å². The van der Waals surface area contributed by atoms with Crippen LogP contribution in [0.1, 0.15) is 17.6 Å². The van der Waals surface area contributed by atoms with Crippen LogP contribution in [0.3, 0.4) is 0 Å². The molecule has 1 N–H and O–H groups in total. The topological polar surface area (TPSA) is 28.2 Å². The maximum atomic E-state index is 4.50. The summed E-state index contributed by atoms with van der Waals surface area (Å²) in [4.78, 5) is 6.99. The number of nitrogens with one attached hydrogen (secondary N) is 1. The van der Waals surface area contributed by atoms with Crippen LogP contribution >= 0.6 is 11.3 Å². The zero-order valence-electron chi connectivity index (χ0n) is 8.79. The zero-order valence-corrected chi connectivity index (χ0v) is 9.60. The smallest absolute Gasteiger partial charge is 0.0897 e. The van der Waals surface area contributed by atoms with Crippen molar-refractivity contribution in [2.24, 2.45) is 0 Å². The van der Waals surface area contributed by atoms with Crippen molar-refractivity contribution in [3.8, 4) is 0 Å². The Hall–Kier alpha value is -0.450.